The highest BCUT2D eigenvalue weighted by Crippen LogP contribution is 2.40. The van der Waals surface area contributed by atoms with E-state index in [-0.39, 0.29) is 10.6 Å². The van der Waals surface area contributed by atoms with Gasteiger partial charge < -0.3 is 10.0 Å². The van der Waals surface area contributed by atoms with Crippen LogP contribution < -0.4 is 4.90 Å². The van der Waals surface area contributed by atoms with Crippen molar-refractivity contribution in [1.82, 2.24) is 0 Å². The van der Waals surface area contributed by atoms with Crippen LogP contribution in [0.25, 0.3) is 0 Å². The van der Waals surface area contributed by atoms with Gasteiger partial charge in [-0.3, -0.25) is 10.1 Å². The van der Waals surface area contributed by atoms with Crippen molar-refractivity contribution < 1.29 is 10.0 Å². The van der Waals surface area contributed by atoms with Gasteiger partial charge in [-0.15, -0.1) is 11.3 Å². The minimum atomic E-state index is -0.662. The van der Waals surface area contributed by atoms with E-state index < -0.39 is 6.10 Å². The Balaban J connectivity index is 2.34. The molecule has 0 aliphatic carbocycles. The number of aliphatic hydroxyl groups excluding tert-OH is 1. The van der Waals surface area contributed by atoms with Gasteiger partial charge in [0, 0.05) is 24.0 Å². The average Bonchev–Trinajstić information content (AvgIpc) is 2.75. The molecule has 0 saturated carbocycles. The molecule has 1 N–H and O–H groups in total. The highest BCUT2D eigenvalue weighted by Gasteiger charge is 2.25. The molecular formula is C12H16N2O3S. The second-order valence-electron chi connectivity index (χ2n) is 4.52. The van der Waals surface area contributed by atoms with Crippen molar-refractivity contribution in [2.24, 2.45) is 0 Å². The number of anilines is 1. The fourth-order valence-corrected chi connectivity index (χ4v) is 3.01. The van der Waals surface area contributed by atoms with E-state index in [1.165, 1.54) is 23.0 Å². The summed E-state index contributed by atoms with van der Waals surface area (Å²) < 4.78 is 0. The first-order chi connectivity index (χ1) is 8.49. The van der Waals surface area contributed by atoms with Gasteiger partial charge in [0.1, 0.15) is 0 Å². The van der Waals surface area contributed by atoms with Crippen molar-refractivity contribution >= 4 is 22.0 Å². The summed E-state index contributed by atoms with van der Waals surface area (Å²) in [5.41, 5.74) is 1.42. The topological polar surface area (TPSA) is 66.6 Å². The molecule has 0 spiro atoms. The molecule has 6 heteroatoms. The van der Waals surface area contributed by atoms with Crippen LogP contribution in [0.2, 0.25) is 0 Å². The third-order valence-electron chi connectivity index (χ3n) is 3.04. The van der Waals surface area contributed by atoms with Crippen LogP contribution in [0.4, 0.5) is 10.7 Å². The van der Waals surface area contributed by atoms with E-state index in [4.69, 9.17) is 0 Å². The molecule has 2 heterocycles. The van der Waals surface area contributed by atoms with Gasteiger partial charge in [-0.25, -0.2) is 0 Å². The van der Waals surface area contributed by atoms with Crippen molar-refractivity contribution in [2.75, 3.05) is 18.0 Å². The first kappa shape index (κ1) is 13.0. The molecule has 0 amide bonds. The molecule has 0 fully saturated rings. The average molecular weight is 268 g/mol. The molecule has 1 aliphatic heterocycles. The summed E-state index contributed by atoms with van der Waals surface area (Å²) >= 11 is 1.31. The molecule has 1 unspecified atom stereocenters. The molecule has 0 aromatic carbocycles. The van der Waals surface area contributed by atoms with Gasteiger partial charge in [0.25, 0.3) is 0 Å². The number of thiophene rings is 1. The lowest BCUT2D eigenvalue weighted by Gasteiger charge is -2.25. The van der Waals surface area contributed by atoms with Crippen LogP contribution in [0, 0.1) is 10.1 Å². The van der Waals surface area contributed by atoms with Gasteiger partial charge in [-0.05, 0) is 20.3 Å². The first-order valence-electron chi connectivity index (χ1n) is 5.86. The Labute approximate surface area is 110 Å². The van der Waals surface area contributed by atoms with Crippen LogP contribution in [-0.4, -0.2) is 23.1 Å². The Hall–Kier alpha value is -1.40. The molecule has 1 aromatic rings. The van der Waals surface area contributed by atoms with Gasteiger partial charge in [0.15, 0.2) is 5.00 Å². The number of hydrogen-bond donors (Lipinski definition) is 1. The molecule has 2 rings (SSSR count). The Bertz CT molecular complexity index is 494. The second kappa shape index (κ2) is 5.07. The van der Waals surface area contributed by atoms with Crippen LogP contribution >= 0.6 is 11.3 Å². The maximum absolute atomic E-state index is 11.1. The molecule has 18 heavy (non-hydrogen) atoms. The van der Waals surface area contributed by atoms with Gasteiger partial charge >= 0.3 is 5.69 Å². The summed E-state index contributed by atoms with van der Waals surface area (Å²) in [6.45, 7) is 5.19. The van der Waals surface area contributed by atoms with Crippen LogP contribution in [0.3, 0.4) is 0 Å². The molecule has 1 atom stereocenters. The monoisotopic (exact) mass is 268 g/mol. The number of aliphatic hydroxyl groups is 1. The van der Waals surface area contributed by atoms with Gasteiger partial charge in [-0.2, -0.15) is 0 Å². The highest BCUT2D eigenvalue weighted by atomic mass is 32.1. The normalized spacial score (nSPS) is 17.5. The largest absolute Gasteiger partial charge is 0.388 e. The number of nitrogens with zero attached hydrogens (tertiary/aromatic N) is 2. The lowest BCUT2D eigenvalue weighted by atomic mass is 10.1. The molecule has 0 bridgehead atoms. The Morgan fingerprint density at radius 3 is 2.83 bits per heavy atom. The fourth-order valence-electron chi connectivity index (χ4n) is 1.91. The van der Waals surface area contributed by atoms with E-state index >= 15 is 0 Å². The molecule has 5 nitrogen and oxygen atoms in total. The third kappa shape index (κ3) is 2.54. The third-order valence-corrected chi connectivity index (χ3v) is 4.40. The summed E-state index contributed by atoms with van der Waals surface area (Å²) in [5, 5.41) is 21.2. The minimum absolute atomic E-state index is 0.101. The van der Waals surface area contributed by atoms with Crippen molar-refractivity contribution in [2.45, 2.75) is 26.4 Å². The van der Waals surface area contributed by atoms with Crippen LogP contribution in [0.5, 0.6) is 0 Å². The predicted molar refractivity (Wildman–Crippen MR) is 72.2 cm³/mol. The molecule has 0 saturated heterocycles. The quantitative estimate of drug-likeness (QED) is 0.520. The number of rotatable bonds is 3. The lowest BCUT2D eigenvalue weighted by Crippen LogP contribution is -2.27. The molecule has 1 aromatic heterocycles. The maximum atomic E-state index is 11.1. The van der Waals surface area contributed by atoms with E-state index in [1.807, 2.05) is 4.90 Å². The van der Waals surface area contributed by atoms with Crippen molar-refractivity contribution in [3.8, 4) is 0 Å². The van der Waals surface area contributed by atoms with Crippen LogP contribution in [0.15, 0.2) is 17.7 Å². The first-order valence-corrected chi connectivity index (χ1v) is 6.67. The van der Waals surface area contributed by atoms with Crippen molar-refractivity contribution in [1.29, 1.82) is 0 Å². The van der Waals surface area contributed by atoms with E-state index in [9.17, 15) is 15.2 Å². The summed E-state index contributed by atoms with van der Waals surface area (Å²) in [4.78, 5) is 13.3. The van der Waals surface area contributed by atoms with Crippen LogP contribution in [0.1, 0.15) is 31.2 Å². The molecule has 98 valence electrons. The van der Waals surface area contributed by atoms with Gasteiger partial charge in [-0.1, -0.05) is 11.6 Å². The number of nitro groups is 1. The van der Waals surface area contributed by atoms with E-state index in [0.29, 0.717) is 16.4 Å². The highest BCUT2D eigenvalue weighted by molar-refractivity contribution is 7.16. The number of hydrogen-bond acceptors (Lipinski definition) is 5. The maximum Gasteiger partial charge on any atom is 0.304 e. The summed E-state index contributed by atoms with van der Waals surface area (Å²) in [6, 6.07) is 1.48. The molecule has 0 radical (unpaired) electrons. The zero-order valence-corrected chi connectivity index (χ0v) is 11.2. The zero-order valence-electron chi connectivity index (χ0n) is 10.4. The fraction of sp³-hybridized carbons (Fsp3) is 0.500. The summed E-state index contributed by atoms with van der Waals surface area (Å²) in [5.74, 6) is 0. The molecule has 1 aliphatic rings. The predicted octanol–water partition coefficient (Wildman–Crippen LogP) is 2.87. The Morgan fingerprint density at radius 1 is 1.61 bits per heavy atom. The standard InChI is InChI=1S/C12H16N2O3S/c1-8-3-5-13(6-4-8)12-10(14(16)17)7-11(18-12)9(2)15/h3,7,9,15H,4-6H2,1-2H3. The lowest BCUT2D eigenvalue weighted by molar-refractivity contribution is -0.383. The Kier molecular flexibility index (Phi) is 3.68. The second-order valence-corrected chi connectivity index (χ2v) is 5.58. The summed E-state index contributed by atoms with van der Waals surface area (Å²) in [7, 11) is 0. The van der Waals surface area contributed by atoms with Crippen LogP contribution in [-0.2, 0) is 0 Å². The van der Waals surface area contributed by atoms with E-state index in [0.717, 1.165) is 13.0 Å². The minimum Gasteiger partial charge on any atom is -0.388 e. The van der Waals surface area contributed by atoms with Crippen molar-refractivity contribution in [3.05, 3.63) is 32.7 Å². The van der Waals surface area contributed by atoms with Gasteiger partial charge in [0.2, 0.25) is 0 Å². The van der Waals surface area contributed by atoms with E-state index in [2.05, 4.69) is 13.0 Å². The van der Waals surface area contributed by atoms with Crippen molar-refractivity contribution in [3.63, 3.8) is 0 Å². The SMILES string of the molecule is CC1=CCN(c2sc(C(C)O)cc2[N+](=O)[O-])CC1. The summed E-state index contributed by atoms with van der Waals surface area (Å²) in [6.07, 6.45) is 2.36. The Morgan fingerprint density at radius 2 is 2.33 bits per heavy atom. The van der Waals surface area contributed by atoms with E-state index in [1.54, 1.807) is 6.92 Å². The molecular weight excluding hydrogens is 252 g/mol. The smallest absolute Gasteiger partial charge is 0.304 e. The zero-order chi connectivity index (χ0) is 13.3. The van der Waals surface area contributed by atoms with Gasteiger partial charge in [0.05, 0.1) is 11.0 Å².